The minimum Gasteiger partial charge on any atom is -0.458 e. The van der Waals surface area contributed by atoms with Gasteiger partial charge in [-0.2, -0.15) is 0 Å². The average Bonchev–Trinajstić information content (AvgIpc) is 1.68. The molecule has 2 aliphatic heterocycles. The summed E-state index contributed by atoms with van der Waals surface area (Å²) in [7, 11) is 0. The Bertz CT molecular complexity index is 5180. The van der Waals surface area contributed by atoms with Crippen LogP contribution in [-0.4, -0.2) is 11.3 Å². The van der Waals surface area contributed by atoms with Crippen LogP contribution < -0.4 is 26.0 Å². The standard InChI is InChI=1S/C93H87BN2O/c1-88(2,3)64-39-45-79(73(54-64)58-28-19-16-20-29-58)96-82-50-59(60-48-67(91(10,11)12)53-68(49-60)92(13,14)15)38-43-77(82)94-78-44-42-69(95-80-46-40-65(89(4,5)6)55-74(80)75-56-66(90(7,8)9)41-47-81(75)95)57-84(78)97-85-52-61(51-83(96)87(85)94)70-35-27-36-72-71-34-25-26-37-76(71)93(86(70)72,62-30-21-17-22-31-62)63-32-23-18-24-33-63/h16-57H,1-15H3. The van der Waals surface area contributed by atoms with Gasteiger partial charge in [-0.1, -0.05) is 292 Å². The lowest BCUT2D eigenvalue weighted by Crippen LogP contribution is -2.59. The van der Waals surface area contributed by atoms with E-state index in [1.807, 2.05) is 0 Å². The molecule has 3 heterocycles. The highest BCUT2D eigenvalue weighted by molar-refractivity contribution is 6.99. The zero-order chi connectivity index (χ0) is 67.5. The molecule has 0 unspecified atom stereocenters. The first-order valence-corrected chi connectivity index (χ1v) is 35.0. The van der Waals surface area contributed by atoms with Crippen LogP contribution >= 0.6 is 0 Å². The molecule has 16 rings (SSSR count). The smallest absolute Gasteiger partial charge is 0.256 e. The van der Waals surface area contributed by atoms with Crippen molar-refractivity contribution in [2.24, 2.45) is 0 Å². The normalized spacial score (nSPS) is 14.1. The summed E-state index contributed by atoms with van der Waals surface area (Å²) in [5.41, 5.74) is 30.4. The van der Waals surface area contributed by atoms with Gasteiger partial charge in [-0.3, -0.25) is 0 Å². The summed E-state index contributed by atoms with van der Waals surface area (Å²) in [5, 5.41) is 2.52. The fraction of sp³-hybridized carbons (Fsp3) is 0.226. The number of benzene rings is 12. The van der Waals surface area contributed by atoms with Crippen molar-refractivity contribution in [3.05, 3.63) is 305 Å². The summed E-state index contributed by atoms with van der Waals surface area (Å²) in [4.78, 5) is 2.63. The number of nitrogens with zero attached hydrogens (tertiary/aromatic N) is 2. The second kappa shape index (κ2) is 22.1. The number of aromatic nitrogens is 1. The fourth-order valence-electron chi connectivity index (χ4n) is 16.1. The van der Waals surface area contributed by atoms with Gasteiger partial charge in [-0.25, -0.2) is 0 Å². The molecular weight excluding hydrogens is 1170 g/mol. The number of rotatable bonds is 7. The van der Waals surface area contributed by atoms with Crippen molar-refractivity contribution in [3.63, 3.8) is 0 Å². The fourth-order valence-corrected chi connectivity index (χ4v) is 16.1. The molecule has 0 saturated heterocycles. The second-order valence-electron chi connectivity index (χ2n) is 33.0. The molecule has 3 aliphatic rings. The third-order valence-electron chi connectivity index (χ3n) is 21.5. The number of ether oxygens (including phenoxy) is 1. The highest BCUT2D eigenvalue weighted by Crippen LogP contribution is 2.60. The largest absolute Gasteiger partial charge is 0.458 e. The van der Waals surface area contributed by atoms with Gasteiger partial charge in [-0.15, -0.1) is 0 Å². The van der Waals surface area contributed by atoms with Gasteiger partial charge in [0, 0.05) is 39.5 Å². The third kappa shape index (κ3) is 10.1. The van der Waals surface area contributed by atoms with E-state index < -0.39 is 5.41 Å². The molecule has 0 saturated carbocycles. The maximum absolute atomic E-state index is 7.90. The summed E-state index contributed by atoms with van der Waals surface area (Å²) >= 11 is 0. The molecule has 0 bridgehead atoms. The Labute approximate surface area is 575 Å². The average molecular weight is 1260 g/mol. The highest BCUT2D eigenvalue weighted by Gasteiger charge is 2.49. The van der Waals surface area contributed by atoms with E-state index in [0.29, 0.717) is 0 Å². The van der Waals surface area contributed by atoms with Crippen LogP contribution in [0.1, 0.15) is 154 Å². The van der Waals surface area contributed by atoms with E-state index in [1.165, 1.54) is 111 Å². The maximum atomic E-state index is 7.90. The Hall–Kier alpha value is -9.90. The van der Waals surface area contributed by atoms with E-state index in [-0.39, 0.29) is 33.8 Å². The van der Waals surface area contributed by atoms with Crippen molar-refractivity contribution in [1.82, 2.24) is 4.57 Å². The van der Waals surface area contributed by atoms with E-state index in [4.69, 9.17) is 4.74 Å². The van der Waals surface area contributed by atoms with Crippen LogP contribution in [-0.2, 0) is 32.5 Å². The van der Waals surface area contributed by atoms with Crippen molar-refractivity contribution >= 4 is 62.0 Å². The molecule has 0 atom stereocenters. The first kappa shape index (κ1) is 61.9. The van der Waals surface area contributed by atoms with Crippen molar-refractivity contribution in [1.29, 1.82) is 0 Å². The molecule has 0 spiro atoms. The van der Waals surface area contributed by atoms with Crippen LogP contribution in [0.15, 0.2) is 255 Å². The molecule has 0 amide bonds. The minimum absolute atomic E-state index is 0.0269. The topological polar surface area (TPSA) is 17.4 Å². The van der Waals surface area contributed by atoms with Crippen LogP contribution in [0.2, 0.25) is 0 Å². The van der Waals surface area contributed by atoms with Crippen LogP contribution in [0.25, 0.3) is 72.0 Å². The number of hydrogen-bond acceptors (Lipinski definition) is 2. The first-order valence-electron chi connectivity index (χ1n) is 35.0. The van der Waals surface area contributed by atoms with E-state index in [9.17, 15) is 0 Å². The quantitative estimate of drug-likeness (QED) is 0.148. The lowest BCUT2D eigenvalue weighted by molar-refractivity contribution is 0.487. The SMILES string of the molecule is CC(C)(C)c1cc(-c2ccc3c(c2)N(c2ccc(C(C)(C)C)cc2-c2ccccc2)c2cc(-c4cccc5c4C(c4ccccc4)(c4ccccc4)c4ccccc4-5)cc4c2B3c2ccc(-n3c5ccc(C(C)(C)C)cc5c5cc(C(C)(C)C)ccc53)cc2O4)cc(C(C)(C)C)c1. The van der Waals surface area contributed by atoms with Gasteiger partial charge in [0.1, 0.15) is 11.5 Å². The number of fused-ring (bicyclic) bond motifs is 10. The van der Waals surface area contributed by atoms with E-state index in [1.54, 1.807) is 0 Å². The Morgan fingerprint density at radius 3 is 1.43 bits per heavy atom. The summed E-state index contributed by atoms with van der Waals surface area (Å²) in [6.45, 7) is 34.8. The Balaban J connectivity index is 1.02. The van der Waals surface area contributed by atoms with Crippen LogP contribution in [0.5, 0.6) is 11.5 Å². The second-order valence-corrected chi connectivity index (χ2v) is 33.0. The lowest BCUT2D eigenvalue weighted by atomic mass is 9.34. The molecule has 97 heavy (non-hydrogen) atoms. The molecule has 13 aromatic rings. The number of hydrogen-bond donors (Lipinski definition) is 0. The Morgan fingerprint density at radius 2 is 0.835 bits per heavy atom. The van der Waals surface area contributed by atoms with Crippen LogP contribution in [0.3, 0.4) is 0 Å². The van der Waals surface area contributed by atoms with Crippen molar-refractivity contribution < 1.29 is 4.74 Å². The minimum atomic E-state index is -0.662. The van der Waals surface area contributed by atoms with Gasteiger partial charge in [-0.05, 0) is 193 Å². The summed E-state index contributed by atoms with van der Waals surface area (Å²) < 4.78 is 10.4. The number of anilines is 3. The zero-order valence-electron chi connectivity index (χ0n) is 59.1. The molecule has 1 aliphatic carbocycles. The van der Waals surface area contributed by atoms with Gasteiger partial charge >= 0.3 is 0 Å². The predicted molar refractivity (Wildman–Crippen MR) is 414 cm³/mol. The van der Waals surface area contributed by atoms with Gasteiger partial charge in [0.2, 0.25) is 0 Å². The van der Waals surface area contributed by atoms with Gasteiger partial charge < -0.3 is 14.2 Å². The molecular formula is C93H87BN2O. The Morgan fingerprint density at radius 1 is 0.320 bits per heavy atom. The van der Waals surface area contributed by atoms with Crippen molar-refractivity contribution in [3.8, 4) is 61.7 Å². The molecule has 478 valence electrons. The molecule has 3 nitrogen and oxygen atoms in total. The molecule has 0 radical (unpaired) electrons. The first-order chi connectivity index (χ1) is 46.2. The Kier molecular flexibility index (Phi) is 14.1. The molecule has 1 aromatic heterocycles. The summed E-state index contributed by atoms with van der Waals surface area (Å²) in [6.07, 6.45) is 0. The molecule has 12 aromatic carbocycles. The third-order valence-corrected chi connectivity index (χ3v) is 21.5. The van der Waals surface area contributed by atoms with Gasteiger partial charge in [0.15, 0.2) is 0 Å². The lowest BCUT2D eigenvalue weighted by Gasteiger charge is -2.42. The van der Waals surface area contributed by atoms with Gasteiger partial charge in [0.05, 0.1) is 22.1 Å². The molecule has 4 heteroatoms. The molecule has 0 fully saturated rings. The van der Waals surface area contributed by atoms with E-state index in [2.05, 4.69) is 368 Å². The highest BCUT2D eigenvalue weighted by atomic mass is 16.5. The van der Waals surface area contributed by atoms with E-state index >= 15 is 0 Å². The van der Waals surface area contributed by atoms with E-state index in [0.717, 1.165) is 56.3 Å². The van der Waals surface area contributed by atoms with Crippen LogP contribution in [0, 0.1) is 0 Å². The predicted octanol–water partition coefficient (Wildman–Crippen LogP) is 23.0. The summed E-state index contributed by atoms with van der Waals surface area (Å²) in [6, 6.07) is 98.0. The zero-order valence-corrected chi connectivity index (χ0v) is 59.1. The monoisotopic (exact) mass is 1260 g/mol. The van der Waals surface area contributed by atoms with Crippen molar-refractivity contribution in [2.45, 2.75) is 136 Å². The van der Waals surface area contributed by atoms with Crippen molar-refractivity contribution in [2.75, 3.05) is 4.90 Å². The van der Waals surface area contributed by atoms with Gasteiger partial charge in [0.25, 0.3) is 6.71 Å². The summed E-state index contributed by atoms with van der Waals surface area (Å²) in [5.74, 6) is 1.71. The molecule has 0 N–H and O–H groups in total. The van der Waals surface area contributed by atoms with Crippen LogP contribution in [0.4, 0.5) is 17.1 Å². The maximum Gasteiger partial charge on any atom is 0.256 e.